The van der Waals surface area contributed by atoms with Crippen molar-refractivity contribution < 1.29 is 23.5 Å². The van der Waals surface area contributed by atoms with Gasteiger partial charge in [0.1, 0.15) is 11.5 Å². The van der Waals surface area contributed by atoms with E-state index < -0.39 is 5.91 Å². The number of aromatic nitrogens is 1. The molecule has 4 rings (SSSR count). The molecule has 0 spiro atoms. The lowest BCUT2D eigenvalue weighted by molar-refractivity contribution is -0.117. The molecule has 0 atom stereocenters. The molecular formula is C30H31N3O5. The first kappa shape index (κ1) is 26.5. The number of hydrogen-bond acceptors (Lipinski definition) is 6. The van der Waals surface area contributed by atoms with Gasteiger partial charge in [0, 0.05) is 29.3 Å². The molecule has 2 amide bonds. The summed E-state index contributed by atoms with van der Waals surface area (Å²) in [5.74, 6) is 1.11. The summed E-state index contributed by atoms with van der Waals surface area (Å²) in [4.78, 5) is 30.4. The van der Waals surface area contributed by atoms with Crippen molar-refractivity contribution in [2.24, 2.45) is 5.41 Å². The van der Waals surface area contributed by atoms with Crippen LogP contribution in [0.4, 0.5) is 11.4 Å². The molecule has 0 bridgehead atoms. The second-order valence-corrected chi connectivity index (χ2v) is 9.95. The molecule has 4 aromatic rings. The number of oxazole rings is 1. The van der Waals surface area contributed by atoms with Gasteiger partial charge in [-0.15, -0.1) is 0 Å². The molecule has 8 nitrogen and oxygen atoms in total. The molecule has 38 heavy (non-hydrogen) atoms. The molecule has 8 heteroatoms. The van der Waals surface area contributed by atoms with Crippen LogP contribution in [0.15, 0.2) is 77.2 Å². The Morgan fingerprint density at radius 3 is 2.21 bits per heavy atom. The number of carbonyl (C=O) groups excluding carboxylic acids is 2. The molecule has 0 saturated heterocycles. The standard InChI is InChI=1S/C30H31N3O5/c1-30(2,3)18-25(34)31-21-13-11-19(12-14-21)27-26(33-29(38-27)20-9-7-6-8-10-20)28(35)32-23-17-22(36-4)15-16-24(23)37-5/h6-17H,18H2,1-5H3,(H,31,34)(H,32,35). The van der Waals surface area contributed by atoms with E-state index in [9.17, 15) is 9.59 Å². The molecule has 0 radical (unpaired) electrons. The molecule has 0 unspecified atom stereocenters. The van der Waals surface area contributed by atoms with Gasteiger partial charge in [-0.3, -0.25) is 9.59 Å². The Kier molecular flexibility index (Phi) is 7.81. The molecule has 196 valence electrons. The van der Waals surface area contributed by atoms with Gasteiger partial charge in [0.25, 0.3) is 5.91 Å². The zero-order valence-corrected chi connectivity index (χ0v) is 22.1. The number of nitrogens with one attached hydrogen (secondary N) is 2. The van der Waals surface area contributed by atoms with Gasteiger partial charge in [-0.05, 0) is 53.9 Å². The van der Waals surface area contributed by atoms with Crippen LogP contribution in [0.5, 0.6) is 11.5 Å². The van der Waals surface area contributed by atoms with Crippen LogP contribution in [0.1, 0.15) is 37.7 Å². The first-order valence-electron chi connectivity index (χ1n) is 12.2. The van der Waals surface area contributed by atoms with E-state index in [4.69, 9.17) is 13.9 Å². The van der Waals surface area contributed by atoms with E-state index in [1.54, 1.807) is 49.6 Å². The number of ether oxygens (including phenoxy) is 2. The highest BCUT2D eigenvalue weighted by Crippen LogP contribution is 2.33. The average Bonchev–Trinajstić information content (AvgIpc) is 3.34. The predicted octanol–water partition coefficient (Wildman–Crippen LogP) is 6.65. The van der Waals surface area contributed by atoms with E-state index in [-0.39, 0.29) is 17.0 Å². The highest BCUT2D eigenvalue weighted by Gasteiger charge is 2.24. The first-order chi connectivity index (χ1) is 18.2. The van der Waals surface area contributed by atoms with Gasteiger partial charge in [0.05, 0.1) is 19.9 Å². The van der Waals surface area contributed by atoms with Gasteiger partial charge < -0.3 is 24.5 Å². The summed E-state index contributed by atoms with van der Waals surface area (Å²) in [5, 5.41) is 5.77. The largest absolute Gasteiger partial charge is 0.497 e. The second kappa shape index (κ2) is 11.2. The fourth-order valence-corrected chi connectivity index (χ4v) is 3.86. The summed E-state index contributed by atoms with van der Waals surface area (Å²) in [6.45, 7) is 6.03. The Morgan fingerprint density at radius 1 is 0.868 bits per heavy atom. The number of rotatable bonds is 8. The smallest absolute Gasteiger partial charge is 0.278 e. The summed E-state index contributed by atoms with van der Waals surface area (Å²) in [7, 11) is 3.07. The summed E-state index contributed by atoms with van der Waals surface area (Å²) in [5.41, 5.74) is 2.44. The van der Waals surface area contributed by atoms with Crippen molar-refractivity contribution in [3.63, 3.8) is 0 Å². The van der Waals surface area contributed by atoms with Crippen LogP contribution in [0, 0.1) is 5.41 Å². The monoisotopic (exact) mass is 513 g/mol. The minimum Gasteiger partial charge on any atom is -0.497 e. The van der Waals surface area contributed by atoms with Crippen molar-refractivity contribution in [1.29, 1.82) is 0 Å². The van der Waals surface area contributed by atoms with Crippen LogP contribution in [0.2, 0.25) is 0 Å². The number of amides is 2. The van der Waals surface area contributed by atoms with Gasteiger partial charge in [-0.1, -0.05) is 39.0 Å². The van der Waals surface area contributed by atoms with Gasteiger partial charge >= 0.3 is 0 Å². The molecule has 0 saturated carbocycles. The van der Waals surface area contributed by atoms with Crippen molar-refractivity contribution in [2.75, 3.05) is 24.9 Å². The summed E-state index contributed by atoms with van der Waals surface area (Å²) in [6, 6.07) is 21.6. The van der Waals surface area contributed by atoms with Crippen molar-refractivity contribution in [2.45, 2.75) is 27.2 Å². The molecule has 3 aromatic carbocycles. The molecular weight excluding hydrogens is 482 g/mol. The fraction of sp³-hybridized carbons (Fsp3) is 0.233. The SMILES string of the molecule is COc1ccc(OC)c(NC(=O)c2nc(-c3ccccc3)oc2-c2ccc(NC(=O)CC(C)(C)C)cc2)c1. The molecule has 0 fully saturated rings. The van der Waals surface area contributed by atoms with E-state index in [0.717, 1.165) is 5.56 Å². The molecule has 2 N–H and O–H groups in total. The van der Waals surface area contributed by atoms with Crippen molar-refractivity contribution in [3.05, 3.63) is 78.5 Å². The number of carbonyl (C=O) groups is 2. The minimum absolute atomic E-state index is 0.0661. The molecule has 1 heterocycles. The predicted molar refractivity (Wildman–Crippen MR) is 148 cm³/mol. The highest BCUT2D eigenvalue weighted by atomic mass is 16.5. The Morgan fingerprint density at radius 2 is 1.58 bits per heavy atom. The second-order valence-electron chi connectivity index (χ2n) is 9.95. The zero-order chi connectivity index (χ0) is 27.3. The van der Waals surface area contributed by atoms with Crippen molar-refractivity contribution in [1.82, 2.24) is 4.98 Å². The number of anilines is 2. The maximum atomic E-state index is 13.5. The van der Waals surface area contributed by atoms with Gasteiger partial charge in [-0.25, -0.2) is 4.98 Å². The Bertz CT molecular complexity index is 1420. The number of nitrogens with zero attached hydrogens (tertiary/aromatic N) is 1. The first-order valence-corrected chi connectivity index (χ1v) is 12.2. The van der Waals surface area contributed by atoms with Crippen LogP contribution >= 0.6 is 0 Å². The topological polar surface area (TPSA) is 103 Å². The van der Waals surface area contributed by atoms with Crippen molar-refractivity contribution in [3.8, 4) is 34.3 Å². The van der Waals surface area contributed by atoms with Crippen LogP contribution in [0.25, 0.3) is 22.8 Å². The third kappa shape index (κ3) is 6.39. The maximum Gasteiger partial charge on any atom is 0.278 e. The van der Waals surface area contributed by atoms with Gasteiger partial charge in [-0.2, -0.15) is 0 Å². The third-order valence-corrected chi connectivity index (χ3v) is 5.64. The van der Waals surface area contributed by atoms with E-state index in [1.807, 2.05) is 51.1 Å². The van der Waals surface area contributed by atoms with E-state index in [2.05, 4.69) is 15.6 Å². The van der Waals surface area contributed by atoms with Crippen LogP contribution in [-0.4, -0.2) is 31.0 Å². The Balaban J connectivity index is 1.67. The number of benzene rings is 3. The fourth-order valence-electron chi connectivity index (χ4n) is 3.86. The van der Waals surface area contributed by atoms with Crippen LogP contribution < -0.4 is 20.1 Å². The average molecular weight is 514 g/mol. The Hall–Kier alpha value is -4.59. The number of methoxy groups -OCH3 is 2. The lowest BCUT2D eigenvalue weighted by atomic mass is 9.92. The molecule has 0 aliphatic carbocycles. The van der Waals surface area contributed by atoms with Crippen molar-refractivity contribution >= 4 is 23.2 Å². The summed E-state index contributed by atoms with van der Waals surface area (Å²) < 4.78 is 16.8. The Labute approximate surface area is 222 Å². The van der Waals surface area contributed by atoms with E-state index in [0.29, 0.717) is 46.5 Å². The molecule has 0 aliphatic heterocycles. The summed E-state index contributed by atoms with van der Waals surface area (Å²) in [6.07, 6.45) is 0.398. The maximum absolute atomic E-state index is 13.5. The normalized spacial score (nSPS) is 11.1. The van der Waals surface area contributed by atoms with Crippen LogP contribution in [0.3, 0.4) is 0 Å². The summed E-state index contributed by atoms with van der Waals surface area (Å²) >= 11 is 0. The van der Waals surface area contributed by atoms with E-state index in [1.165, 1.54) is 7.11 Å². The lowest BCUT2D eigenvalue weighted by Gasteiger charge is -2.17. The number of hydrogen-bond donors (Lipinski definition) is 2. The van der Waals surface area contributed by atoms with E-state index >= 15 is 0 Å². The van der Waals surface area contributed by atoms with Gasteiger partial charge in [0.2, 0.25) is 11.8 Å². The minimum atomic E-state index is -0.472. The van der Waals surface area contributed by atoms with Crippen LogP contribution in [-0.2, 0) is 4.79 Å². The zero-order valence-electron chi connectivity index (χ0n) is 22.1. The van der Waals surface area contributed by atoms with Gasteiger partial charge in [0.15, 0.2) is 11.5 Å². The highest BCUT2D eigenvalue weighted by molar-refractivity contribution is 6.07. The molecule has 1 aromatic heterocycles. The molecule has 0 aliphatic rings. The lowest BCUT2D eigenvalue weighted by Crippen LogP contribution is -2.19. The third-order valence-electron chi connectivity index (χ3n) is 5.64. The quantitative estimate of drug-likeness (QED) is 0.273.